The standard InChI is InChI=1S/C25H21N5O2S/c1-16-22(21-14-19(15-33-21)24-29-28-17(2)32-24)25(31)30(13-11-18-8-4-3-5-9-18)23(27-16)20-10-6-7-12-26-20/h3-10,12,14-15H,11,13H2,1-2H3. The Hall–Kier alpha value is -3.91. The second-order valence-corrected chi connectivity index (χ2v) is 8.54. The van der Waals surface area contributed by atoms with Crippen LogP contribution in [0.25, 0.3) is 33.4 Å². The summed E-state index contributed by atoms with van der Waals surface area (Å²) in [6, 6.07) is 17.6. The van der Waals surface area contributed by atoms with Crippen molar-refractivity contribution in [2.45, 2.75) is 26.8 Å². The lowest BCUT2D eigenvalue weighted by Gasteiger charge is -2.15. The molecule has 0 aliphatic carbocycles. The minimum absolute atomic E-state index is 0.0887. The van der Waals surface area contributed by atoms with Gasteiger partial charge in [-0.05, 0) is 37.1 Å². The van der Waals surface area contributed by atoms with Crippen LogP contribution in [0.4, 0.5) is 0 Å². The Balaban J connectivity index is 1.61. The molecule has 0 N–H and O–H groups in total. The van der Waals surface area contributed by atoms with Crippen LogP contribution in [0.1, 0.15) is 17.1 Å². The van der Waals surface area contributed by atoms with E-state index in [0.29, 0.717) is 47.5 Å². The molecule has 4 aromatic heterocycles. The van der Waals surface area contributed by atoms with E-state index in [1.54, 1.807) is 17.7 Å². The van der Waals surface area contributed by atoms with E-state index >= 15 is 0 Å². The molecule has 5 rings (SSSR count). The quantitative estimate of drug-likeness (QED) is 0.360. The highest BCUT2D eigenvalue weighted by atomic mass is 32.1. The second kappa shape index (κ2) is 8.91. The molecule has 0 atom stereocenters. The zero-order chi connectivity index (χ0) is 22.8. The van der Waals surface area contributed by atoms with Crippen molar-refractivity contribution in [3.63, 3.8) is 0 Å². The summed E-state index contributed by atoms with van der Waals surface area (Å²) in [6.45, 7) is 4.11. The molecule has 164 valence electrons. The number of rotatable bonds is 6. The van der Waals surface area contributed by atoms with Gasteiger partial charge in [0, 0.05) is 29.9 Å². The maximum Gasteiger partial charge on any atom is 0.262 e. The summed E-state index contributed by atoms with van der Waals surface area (Å²) in [4.78, 5) is 23.9. The largest absolute Gasteiger partial charge is 0.421 e. The Morgan fingerprint density at radius 2 is 1.85 bits per heavy atom. The second-order valence-electron chi connectivity index (χ2n) is 7.63. The van der Waals surface area contributed by atoms with Gasteiger partial charge in [-0.25, -0.2) is 4.98 Å². The Bertz CT molecular complexity index is 1460. The molecule has 0 aliphatic heterocycles. The summed E-state index contributed by atoms with van der Waals surface area (Å²) >= 11 is 1.46. The van der Waals surface area contributed by atoms with E-state index in [0.717, 1.165) is 16.0 Å². The van der Waals surface area contributed by atoms with Gasteiger partial charge in [0.05, 0.1) is 16.8 Å². The molecule has 0 aliphatic rings. The van der Waals surface area contributed by atoms with Gasteiger partial charge in [0.15, 0.2) is 5.82 Å². The lowest BCUT2D eigenvalue weighted by atomic mass is 10.1. The van der Waals surface area contributed by atoms with Crippen LogP contribution in [0.2, 0.25) is 0 Å². The normalized spacial score (nSPS) is 11.1. The number of aromatic nitrogens is 5. The van der Waals surface area contributed by atoms with Gasteiger partial charge in [-0.15, -0.1) is 21.5 Å². The first-order valence-corrected chi connectivity index (χ1v) is 11.4. The summed E-state index contributed by atoms with van der Waals surface area (Å²) in [7, 11) is 0. The van der Waals surface area contributed by atoms with Gasteiger partial charge in [-0.1, -0.05) is 36.4 Å². The van der Waals surface area contributed by atoms with Gasteiger partial charge in [-0.3, -0.25) is 14.3 Å². The van der Waals surface area contributed by atoms with E-state index in [1.165, 1.54) is 11.3 Å². The van der Waals surface area contributed by atoms with Crippen molar-refractivity contribution in [2.75, 3.05) is 0 Å². The highest BCUT2D eigenvalue weighted by Gasteiger charge is 2.20. The molecule has 33 heavy (non-hydrogen) atoms. The Morgan fingerprint density at radius 1 is 1.03 bits per heavy atom. The molecule has 0 amide bonds. The van der Waals surface area contributed by atoms with Gasteiger partial charge in [-0.2, -0.15) is 0 Å². The van der Waals surface area contributed by atoms with E-state index in [4.69, 9.17) is 9.40 Å². The van der Waals surface area contributed by atoms with Crippen LogP contribution in [0.3, 0.4) is 0 Å². The molecule has 8 heteroatoms. The van der Waals surface area contributed by atoms with Crippen molar-refractivity contribution < 1.29 is 4.42 Å². The summed E-state index contributed by atoms with van der Waals surface area (Å²) in [5.74, 6) is 1.51. The lowest BCUT2D eigenvalue weighted by Crippen LogP contribution is -2.27. The number of thiophene rings is 1. The summed E-state index contributed by atoms with van der Waals surface area (Å²) in [5.41, 5.74) is 3.77. The Morgan fingerprint density at radius 3 is 2.58 bits per heavy atom. The fraction of sp³-hybridized carbons (Fsp3) is 0.160. The number of hydrogen-bond acceptors (Lipinski definition) is 7. The number of pyridine rings is 1. The predicted molar refractivity (Wildman–Crippen MR) is 128 cm³/mol. The maximum absolute atomic E-state index is 13.8. The first-order chi connectivity index (χ1) is 16.1. The minimum atomic E-state index is -0.0887. The third kappa shape index (κ3) is 4.25. The number of nitrogens with zero attached hydrogens (tertiary/aromatic N) is 5. The monoisotopic (exact) mass is 455 g/mol. The Kier molecular flexibility index (Phi) is 5.66. The molecule has 1 aromatic carbocycles. The maximum atomic E-state index is 13.8. The number of benzene rings is 1. The number of hydrogen-bond donors (Lipinski definition) is 0. The van der Waals surface area contributed by atoms with Crippen LogP contribution in [0, 0.1) is 13.8 Å². The molecule has 0 unspecified atom stereocenters. The molecule has 0 fully saturated rings. The van der Waals surface area contributed by atoms with Gasteiger partial charge in [0.2, 0.25) is 11.8 Å². The van der Waals surface area contributed by atoms with E-state index in [9.17, 15) is 4.79 Å². The summed E-state index contributed by atoms with van der Waals surface area (Å²) in [6.07, 6.45) is 2.42. The lowest BCUT2D eigenvalue weighted by molar-refractivity contribution is 0.533. The zero-order valence-electron chi connectivity index (χ0n) is 18.2. The fourth-order valence-corrected chi connectivity index (χ4v) is 4.69. The van der Waals surface area contributed by atoms with Crippen molar-refractivity contribution >= 4 is 11.3 Å². The average Bonchev–Trinajstić information content (AvgIpc) is 3.49. The van der Waals surface area contributed by atoms with Crippen molar-refractivity contribution in [2.24, 2.45) is 0 Å². The molecular formula is C25H21N5O2S. The van der Waals surface area contributed by atoms with Gasteiger partial charge in [0.25, 0.3) is 5.56 Å². The molecular weight excluding hydrogens is 434 g/mol. The minimum Gasteiger partial charge on any atom is -0.421 e. The molecule has 0 spiro atoms. The van der Waals surface area contributed by atoms with E-state index in [-0.39, 0.29) is 5.56 Å². The average molecular weight is 456 g/mol. The highest BCUT2D eigenvalue weighted by molar-refractivity contribution is 7.14. The van der Waals surface area contributed by atoms with Crippen molar-refractivity contribution in [3.05, 3.63) is 93.7 Å². The molecule has 0 bridgehead atoms. The van der Waals surface area contributed by atoms with Crippen LogP contribution < -0.4 is 5.56 Å². The van der Waals surface area contributed by atoms with Crippen LogP contribution in [0.5, 0.6) is 0 Å². The zero-order valence-corrected chi connectivity index (χ0v) is 19.0. The highest BCUT2D eigenvalue weighted by Crippen LogP contribution is 2.32. The van der Waals surface area contributed by atoms with E-state index < -0.39 is 0 Å². The summed E-state index contributed by atoms with van der Waals surface area (Å²) < 4.78 is 7.27. The number of aryl methyl sites for hydroxylation is 3. The first kappa shape index (κ1) is 21.0. The third-order valence-corrected chi connectivity index (χ3v) is 6.28. The predicted octanol–water partition coefficient (Wildman–Crippen LogP) is 4.94. The van der Waals surface area contributed by atoms with Crippen molar-refractivity contribution in [1.29, 1.82) is 0 Å². The SMILES string of the molecule is Cc1nnc(-c2csc(-c3c(C)nc(-c4ccccn4)n(CCc4ccccc4)c3=O)c2)o1. The van der Waals surface area contributed by atoms with Crippen molar-refractivity contribution in [1.82, 2.24) is 24.7 Å². The topological polar surface area (TPSA) is 86.7 Å². The molecule has 0 saturated carbocycles. The van der Waals surface area contributed by atoms with Gasteiger partial charge >= 0.3 is 0 Å². The van der Waals surface area contributed by atoms with Gasteiger partial charge < -0.3 is 4.42 Å². The van der Waals surface area contributed by atoms with Gasteiger partial charge in [0.1, 0.15) is 5.69 Å². The third-order valence-electron chi connectivity index (χ3n) is 5.33. The Labute approximate surface area is 194 Å². The van der Waals surface area contributed by atoms with Crippen LogP contribution in [-0.2, 0) is 13.0 Å². The molecule has 7 nitrogen and oxygen atoms in total. The summed E-state index contributed by atoms with van der Waals surface area (Å²) in [5, 5.41) is 9.90. The first-order valence-electron chi connectivity index (χ1n) is 10.6. The molecule has 4 heterocycles. The van der Waals surface area contributed by atoms with Crippen LogP contribution in [0.15, 0.2) is 75.4 Å². The smallest absolute Gasteiger partial charge is 0.262 e. The van der Waals surface area contributed by atoms with Crippen LogP contribution >= 0.6 is 11.3 Å². The van der Waals surface area contributed by atoms with E-state index in [2.05, 4.69) is 27.3 Å². The molecule has 5 aromatic rings. The van der Waals surface area contributed by atoms with Crippen molar-refractivity contribution in [3.8, 4) is 33.4 Å². The van der Waals surface area contributed by atoms with E-state index in [1.807, 2.05) is 54.8 Å². The molecule has 0 radical (unpaired) electrons. The van der Waals surface area contributed by atoms with Crippen LogP contribution in [-0.4, -0.2) is 24.7 Å². The molecule has 0 saturated heterocycles. The fourth-order valence-electron chi connectivity index (χ4n) is 3.72.